The van der Waals surface area contributed by atoms with Crippen molar-refractivity contribution < 1.29 is 4.74 Å². The minimum Gasteiger partial charge on any atom is -0.381 e. The van der Waals surface area contributed by atoms with Gasteiger partial charge in [-0.15, -0.1) is 0 Å². The van der Waals surface area contributed by atoms with Crippen LogP contribution >= 0.6 is 0 Å². The Morgan fingerprint density at radius 3 is 2.73 bits per heavy atom. The first-order valence-electron chi connectivity index (χ1n) is 5.81. The van der Waals surface area contributed by atoms with Gasteiger partial charge in [0.25, 0.3) is 0 Å². The van der Waals surface area contributed by atoms with E-state index in [4.69, 9.17) is 4.74 Å². The van der Waals surface area contributed by atoms with E-state index in [1.807, 2.05) is 6.20 Å². The molecule has 1 saturated heterocycles. The lowest BCUT2D eigenvalue weighted by molar-refractivity contribution is 0.0845. The summed E-state index contributed by atoms with van der Waals surface area (Å²) in [5, 5.41) is 0. The van der Waals surface area contributed by atoms with Crippen molar-refractivity contribution in [3.63, 3.8) is 0 Å². The van der Waals surface area contributed by atoms with E-state index in [2.05, 4.69) is 31.0 Å². The second-order valence-electron chi connectivity index (χ2n) is 4.56. The second kappa shape index (κ2) is 4.75. The first-order valence-corrected chi connectivity index (χ1v) is 5.81. The lowest BCUT2D eigenvalue weighted by Crippen LogP contribution is -2.15. The van der Waals surface area contributed by atoms with Crippen molar-refractivity contribution >= 4 is 0 Å². The van der Waals surface area contributed by atoms with Crippen LogP contribution in [0.15, 0.2) is 18.3 Å². The van der Waals surface area contributed by atoms with Crippen molar-refractivity contribution in [1.82, 2.24) is 4.98 Å². The Labute approximate surface area is 91.7 Å². The van der Waals surface area contributed by atoms with Crippen LogP contribution in [0.25, 0.3) is 0 Å². The monoisotopic (exact) mass is 205 g/mol. The molecule has 0 amide bonds. The van der Waals surface area contributed by atoms with Crippen LogP contribution in [0.4, 0.5) is 0 Å². The quantitative estimate of drug-likeness (QED) is 0.740. The van der Waals surface area contributed by atoms with E-state index >= 15 is 0 Å². The smallest absolute Gasteiger partial charge is 0.0472 e. The molecule has 0 N–H and O–H groups in total. The molecule has 1 aliphatic heterocycles. The lowest BCUT2D eigenvalue weighted by Gasteiger charge is -2.22. The van der Waals surface area contributed by atoms with E-state index < -0.39 is 0 Å². The SMILES string of the molecule is CC(C)c1ccnc(C2CCOCC2)c1. The van der Waals surface area contributed by atoms with Gasteiger partial charge in [0.2, 0.25) is 0 Å². The molecule has 2 nitrogen and oxygen atoms in total. The maximum atomic E-state index is 5.37. The second-order valence-corrected chi connectivity index (χ2v) is 4.56. The molecule has 2 heterocycles. The van der Waals surface area contributed by atoms with E-state index in [1.165, 1.54) is 11.3 Å². The molecule has 1 fully saturated rings. The number of aromatic nitrogens is 1. The molecule has 2 rings (SSSR count). The van der Waals surface area contributed by atoms with Gasteiger partial charge in [0.1, 0.15) is 0 Å². The Balaban J connectivity index is 2.16. The summed E-state index contributed by atoms with van der Waals surface area (Å²) in [6, 6.07) is 4.38. The Kier molecular flexibility index (Phi) is 3.37. The topological polar surface area (TPSA) is 22.1 Å². The predicted octanol–water partition coefficient (Wildman–Crippen LogP) is 3.10. The Morgan fingerprint density at radius 2 is 2.07 bits per heavy atom. The number of pyridine rings is 1. The third-order valence-corrected chi connectivity index (χ3v) is 3.11. The summed E-state index contributed by atoms with van der Waals surface area (Å²) >= 11 is 0. The molecule has 0 spiro atoms. The molecular formula is C13H19NO. The van der Waals surface area contributed by atoms with Gasteiger partial charge >= 0.3 is 0 Å². The highest BCUT2D eigenvalue weighted by molar-refractivity contribution is 5.22. The average molecular weight is 205 g/mol. The number of nitrogens with zero attached hydrogens (tertiary/aromatic N) is 1. The summed E-state index contributed by atoms with van der Waals surface area (Å²) in [7, 11) is 0. The standard InChI is InChI=1S/C13H19NO/c1-10(2)12-3-6-14-13(9-12)11-4-7-15-8-5-11/h3,6,9-11H,4-5,7-8H2,1-2H3. The molecule has 1 aromatic heterocycles. The number of hydrogen-bond donors (Lipinski definition) is 0. The van der Waals surface area contributed by atoms with Crippen LogP contribution in [0, 0.1) is 0 Å². The first kappa shape index (κ1) is 10.6. The molecule has 1 aromatic rings. The zero-order chi connectivity index (χ0) is 10.7. The fourth-order valence-corrected chi connectivity index (χ4v) is 2.04. The fraction of sp³-hybridized carbons (Fsp3) is 0.615. The molecule has 2 heteroatoms. The third-order valence-electron chi connectivity index (χ3n) is 3.11. The molecule has 0 saturated carbocycles. The summed E-state index contributed by atoms with van der Waals surface area (Å²) in [6.45, 7) is 6.22. The van der Waals surface area contributed by atoms with Gasteiger partial charge in [-0.3, -0.25) is 4.98 Å². The van der Waals surface area contributed by atoms with E-state index in [0.29, 0.717) is 11.8 Å². The average Bonchev–Trinajstić information content (AvgIpc) is 2.30. The molecule has 15 heavy (non-hydrogen) atoms. The van der Waals surface area contributed by atoms with Crippen LogP contribution in [-0.4, -0.2) is 18.2 Å². The molecule has 82 valence electrons. The minimum atomic E-state index is 0.589. The summed E-state index contributed by atoms with van der Waals surface area (Å²) in [6.07, 6.45) is 4.18. The van der Waals surface area contributed by atoms with Crippen LogP contribution in [-0.2, 0) is 4.74 Å². The molecule has 1 aliphatic rings. The molecule has 0 radical (unpaired) electrons. The molecule has 0 aromatic carbocycles. The minimum absolute atomic E-state index is 0.589. The third kappa shape index (κ3) is 2.57. The zero-order valence-corrected chi connectivity index (χ0v) is 9.57. The highest BCUT2D eigenvalue weighted by atomic mass is 16.5. The molecule has 0 atom stereocenters. The van der Waals surface area contributed by atoms with Gasteiger partial charge in [-0.2, -0.15) is 0 Å². The van der Waals surface area contributed by atoms with Gasteiger partial charge in [-0.25, -0.2) is 0 Å². The van der Waals surface area contributed by atoms with Crippen molar-refractivity contribution in [2.24, 2.45) is 0 Å². The molecule has 0 aliphatic carbocycles. The molecular weight excluding hydrogens is 186 g/mol. The Hall–Kier alpha value is -0.890. The van der Waals surface area contributed by atoms with Gasteiger partial charge in [0.15, 0.2) is 0 Å². The van der Waals surface area contributed by atoms with Gasteiger partial charge in [0.05, 0.1) is 0 Å². The zero-order valence-electron chi connectivity index (χ0n) is 9.57. The van der Waals surface area contributed by atoms with Gasteiger partial charge in [0, 0.05) is 31.0 Å². The van der Waals surface area contributed by atoms with E-state index in [1.54, 1.807) is 0 Å². The van der Waals surface area contributed by atoms with E-state index in [-0.39, 0.29) is 0 Å². The van der Waals surface area contributed by atoms with Crippen LogP contribution in [0.3, 0.4) is 0 Å². The highest BCUT2D eigenvalue weighted by Crippen LogP contribution is 2.27. The van der Waals surface area contributed by atoms with Crippen molar-refractivity contribution in [2.75, 3.05) is 13.2 Å². The molecule has 0 bridgehead atoms. The summed E-state index contributed by atoms with van der Waals surface area (Å²) in [5.74, 6) is 1.20. The van der Waals surface area contributed by atoms with Crippen molar-refractivity contribution in [3.05, 3.63) is 29.6 Å². The van der Waals surface area contributed by atoms with E-state index in [9.17, 15) is 0 Å². The largest absolute Gasteiger partial charge is 0.381 e. The Morgan fingerprint density at radius 1 is 1.33 bits per heavy atom. The van der Waals surface area contributed by atoms with Crippen LogP contribution < -0.4 is 0 Å². The fourth-order valence-electron chi connectivity index (χ4n) is 2.04. The van der Waals surface area contributed by atoms with Gasteiger partial charge < -0.3 is 4.74 Å². The predicted molar refractivity (Wildman–Crippen MR) is 61.1 cm³/mol. The van der Waals surface area contributed by atoms with Crippen LogP contribution in [0.1, 0.15) is 49.8 Å². The normalized spacial score (nSPS) is 18.3. The number of ether oxygens (including phenoxy) is 1. The summed E-state index contributed by atoms with van der Waals surface area (Å²) in [5.41, 5.74) is 2.65. The van der Waals surface area contributed by atoms with Crippen molar-refractivity contribution in [3.8, 4) is 0 Å². The van der Waals surface area contributed by atoms with Crippen molar-refractivity contribution in [2.45, 2.75) is 38.5 Å². The first-order chi connectivity index (χ1) is 7.27. The van der Waals surface area contributed by atoms with Gasteiger partial charge in [-0.05, 0) is 36.5 Å². The maximum absolute atomic E-state index is 5.37. The summed E-state index contributed by atoms with van der Waals surface area (Å²) in [4.78, 5) is 4.49. The number of rotatable bonds is 2. The summed E-state index contributed by atoms with van der Waals surface area (Å²) < 4.78 is 5.37. The van der Waals surface area contributed by atoms with Crippen LogP contribution in [0.2, 0.25) is 0 Å². The highest BCUT2D eigenvalue weighted by Gasteiger charge is 2.17. The lowest BCUT2D eigenvalue weighted by atomic mass is 9.93. The molecule has 0 unspecified atom stereocenters. The van der Waals surface area contributed by atoms with E-state index in [0.717, 1.165) is 26.1 Å². The van der Waals surface area contributed by atoms with Crippen LogP contribution in [0.5, 0.6) is 0 Å². The van der Waals surface area contributed by atoms with Crippen molar-refractivity contribution in [1.29, 1.82) is 0 Å². The van der Waals surface area contributed by atoms with Gasteiger partial charge in [-0.1, -0.05) is 13.8 Å². The maximum Gasteiger partial charge on any atom is 0.0472 e. The Bertz CT molecular complexity index is 316. The number of hydrogen-bond acceptors (Lipinski definition) is 2.